The van der Waals surface area contributed by atoms with Gasteiger partial charge in [-0.05, 0) is 34.1 Å². The Morgan fingerprint density at radius 2 is 2.30 bits per heavy atom. The van der Waals surface area contributed by atoms with Gasteiger partial charge < -0.3 is 10.6 Å². The molecule has 1 aromatic heterocycles. The third-order valence-electron chi connectivity index (χ3n) is 3.05. The minimum Gasteiger partial charge on any atom is -0.320 e. The first-order chi connectivity index (χ1) is 9.63. The molecule has 3 rings (SSSR count). The number of anilines is 1. The Bertz CT molecular complexity index is 655. The van der Waals surface area contributed by atoms with Crippen molar-refractivity contribution in [1.29, 1.82) is 0 Å². The van der Waals surface area contributed by atoms with E-state index in [1.54, 1.807) is 16.9 Å². The Kier molecular flexibility index (Phi) is 3.49. The quantitative estimate of drug-likeness (QED) is 0.890. The Hall–Kier alpha value is -1.80. The van der Waals surface area contributed by atoms with Gasteiger partial charge in [0.25, 0.3) is 5.91 Å². The molecule has 2 N–H and O–H groups in total. The van der Waals surface area contributed by atoms with Gasteiger partial charge in [0.1, 0.15) is 5.82 Å². The van der Waals surface area contributed by atoms with Crippen LogP contribution in [0, 0.1) is 5.82 Å². The van der Waals surface area contributed by atoms with Crippen LogP contribution in [0.5, 0.6) is 0 Å². The van der Waals surface area contributed by atoms with E-state index in [4.69, 9.17) is 0 Å². The Balaban J connectivity index is 1.71. The number of hydrogen-bond donors (Lipinski definition) is 2. The summed E-state index contributed by atoms with van der Waals surface area (Å²) >= 11 is 3.05. The van der Waals surface area contributed by atoms with Crippen LogP contribution >= 0.6 is 15.9 Å². The molecule has 1 aromatic carbocycles. The van der Waals surface area contributed by atoms with Gasteiger partial charge in [-0.1, -0.05) is 5.21 Å². The van der Waals surface area contributed by atoms with Crippen molar-refractivity contribution in [3.05, 3.63) is 40.4 Å². The zero-order valence-corrected chi connectivity index (χ0v) is 11.9. The van der Waals surface area contributed by atoms with Crippen molar-refractivity contribution in [2.75, 3.05) is 18.4 Å². The molecule has 20 heavy (non-hydrogen) atoms. The van der Waals surface area contributed by atoms with Crippen LogP contribution in [0.3, 0.4) is 0 Å². The number of hydrogen-bond acceptors (Lipinski definition) is 4. The van der Waals surface area contributed by atoms with Crippen molar-refractivity contribution in [3.63, 3.8) is 0 Å². The fraction of sp³-hybridized carbons (Fsp3) is 0.250. The van der Waals surface area contributed by atoms with Gasteiger partial charge in [-0.15, -0.1) is 5.10 Å². The number of amides is 1. The molecule has 0 bridgehead atoms. The van der Waals surface area contributed by atoms with Gasteiger partial charge in [-0.25, -0.2) is 9.07 Å². The molecule has 1 fully saturated rings. The van der Waals surface area contributed by atoms with Crippen LogP contribution in [-0.2, 0) is 0 Å². The van der Waals surface area contributed by atoms with Crippen molar-refractivity contribution in [1.82, 2.24) is 20.3 Å². The fourth-order valence-corrected chi connectivity index (χ4v) is 2.04. The molecule has 1 aliphatic heterocycles. The Morgan fingerprint density at radius 1 is 1.50 bits per heavy atom. The summed E-state index contributed by atoms with van der Waals surface area (Å²) in [5, 5.41) is 13.4. The van der Waals surface area contributed by atoms with E-state index in [1.165, 1.54) is 12.1 Å². The van der Waals surface area contributed by atoms with E-state index in [0.717, 1.165) is 13.1 Å². The summed E-state index contributed by atoms with van der Waals surface area (Å²) in [6.45, 7) is 1.64. The lowest BCUT2D eigenvalue weighted by molar-refractivity contribution is 0.102. The zero-order valence-electron chi connectivity index (χ0n) is 10.3. The van der Waals surface area contributed by atoms with Crippen molar-refractivity contribution in [2.45, 2.75) is 6.04 Å². The minimum absolute atomic E-state index is 0.209. The predicted octanol–water partition coefficient (Wildman–Crippen LogP) is 1.58. The monoisotopic (exact) mass is 339 g/mol. The predicted molar refractivity (Wildman–Crippen MR) is 74.0 cm³/mol. The highest BCUT2D eigenvalue weighted by atomic mass is 79.9. The molecule has 2 heterocycles. The fourth-order valence-electron chi connectivity index (χ4n) is 1.79. The molecule has 2 aromatic rings. The van der Waals surface area contributed by atoms with E-state index < -0.39 is 11.7 Å². The minimum atomic E-state index is -0.438. The van der Waals surface area contributed by atoms with Gasteiger partial charge in [0.2, 0.25) is 0 Å². The molecule has 1 amide bonds. The number of nitrogens with zero attached hydrogens (tertiary/aromatic N) is 3. The molecule has 104 valence electrons. The maximum absolute atomic E-state index is 13.4. The van der Waals surface area contributed by atoms with E-state index in [1.807, 2.05) is 0 Å². The van der Waals surface area contributed by atoms with Crippen LogP contribution in [0.25, 0.3) is 0 Å². The summed E-state index contributed by atoms with van der Waals surface area (Å²) in [7, 11) is 0. The smallest absolute Gasteiger partial charge is 0.277 e. The standard InChI is InChI=1S/C12H11BrFN5O/c13-9-2-1-7(3-10(9)14)16-12(20)11-6-19(18-17-11)8-4-15-5-8/h1-3,6,8,15H,4-5H2,(H,16,20). The highest BCUT2D eigenvalue weighted by molar-refractivity contribution is 9.10. The summed E-state index contributed by atoms with van der Waals surface area (Å²) in [4.78, 5) is 12.0. The van der Waals surface area contributed by atoms with E-state index in [0.29, 0.717) is 10.2 Å². The number of benzene rings is 1. The third kappa shape index (κ3) is 2.56. The maximum Gasteiger partial charge on any atom is 0.277 e. The molecule has 0 radical (unpaired) electrons. The number of halogens is 2. The zero-order chi connectivity index (χ0) is 14.1. The normalized spacial score (nSPS) is 14.9. The lowest BCUT2D eigenvalue weighted by atomic mass is 10.2. The van der Waals surface area contributed by atoms with Crippen LogP contribution in [0.4, 0.5) is 10.1 Å². The van der Waals surface area contributed by atoms with Gasteiger partial charge >= 0.3 is 0 Å². The van der Waals surface area contributed by atoms with Crippen LogP contribution in [0.1, 0.15) is 16.5 Å². The van der Waals surface area contributed by atoms with E-state index in [-0.39, 0.29) is 11.7 Å². The Labute approximate surface area is 122 Å². The molecular weight excluding hydrogens is 329 g/mol. The number of carbonyl (C=O) groups excluding carboxylic acids is 1. The highest BCUT2D eigenvalue weighted by Gasteiger charge is 2.21. The summed E-state index contributed by atoms with van der Waals surface area (Å²) in [6.07, 6.45) is 1.59. The second-order valence-electron chi connectivity index (χ2n) is 4.48. The average Bonchev–Trinajstić information content (AvgIpc) is 2.81. The van der Waals surface area contributed by atoms with Crippen molar-refractivity contribution >= 4 is 27.5 Å². The first kappa shape index (κ1) is 13.2. The van der Waals surface area contributed by atoms with E-state index in [9.17, 15) is 9.18 Å². The van der Waals surface area contributed by atoms with Crippen molar-refractivity contribution in [3.8, 4) is 0 Å². The van der Waals surface area contributed by atoms with Gasteiger partial charge in [0.15, 0.2) is 5.69 Å². The van der Waals surface area contributed by atoms with Crippen LogP contribution in [0.2, 0.25) is 0 Å². The van der Waals surface area contributed by atoms with Crippen LogP contribution in [-0.4, -0.2) is 34.0 Å². The first-order valence-corrected chi connectivity index (χ1v) is 6.82. The molecule has 1 saturated heterocycles. The van der Waals surface area contributed by atoms with Gasteiger partial charge in [0.05, 0.1) is 16.7 Å². The number of aromatic nitrogens is 3. The third-order valence-corrected chi connectivity index (χ3v) is 3.70. The van der Waals surface area contributed by atoms with Gasteiger partial charge in [0, 0.05) is 18.8 Å². The highest BCUT2D eigenvalue weighted by Crippen LogP contribution is 2.19. The average molecular weight is 340 g/mol. The lowest BCUT2D eigenvalue weighted by Gasteiger charge is -2.26. The number of carbonyl (C=O) groups is 1. The van der Waals surface area contributed by atoms with Crippen molar-refractivity contribution < 1.29 is 9.18 Å². The summed E-state index contributed by atoms with van der Waals surface area (Å²) < 4.78 is 15.4. The molecule has 1 aliphatic rings. The van der Waals surface area contributed by atoms with Gasteiger partial charge in [-0.2, -0.15) is 0 Å². The second-order valence-corrected chi connectivity index (χ2v) is 5.33. The molecule has 0 saturated carbocycles. The van der Waals surface area contributed by atoms with Crippen LogP contribution in [0.15, 0.2) is 28.9 Å². The molecule has 6 nitrogen and oxygen atoms in total. The van der Waals surface area contributed by atoms with Crippen molar-refractivity contribution in [2.24, 2.45) is 0 Å². The molecule has 8 heteroatoms. The van der Waals surface area contributed by atoms with E-state index >= 15 is 0 Å². The summed E-state index contributed by atoms with van der Waals surface area (Å²) in [5.41, 5.74) is 0.579. The molecule has 0 atom stereocenters. The number of nitrogens with one attached hydrogen (secondary N) is 2. The van der Waals surface area contributed by atoms with E-state index in [2.05, 4.69) is 36.9 Å². The first-order valence-electron chi connectivity index (χ1n) is 6.02. The Morgan fingerprint density at radius 3 is 2.95 bits per heavy atom. The summed E-state index contributed by atoms with van der Waals surface area (Å²) in [6, 6.07) is 4.62. The topological polar surface area (TPSA) is 71.8 Å². The second kappa shape index (κ2) is 5.29. The number of rotatable bonds is 3. The lowest BCUT2D eigenvalue weighted by Crippen LogP contribution is -2.43. The van der Waals surface area contributed by atoms with Gasteiger partial charge in [-0.3, -0.25) is 4.79 Å². The van der Waals surface area contributed by atoms with Crippen LogP contribution < -0.4 is 10.6 Å². The molecular formula is C12H11BrFN5O. The maximum atomic E-state index is 13.4. The largest absolute Gasteiger partial charge is 0.320 e. The molecule has 0 unspecified atom stereocenters. The molecule has 0 aliphatic carbocycles. The summed E-state index contributed by atoms with van der Waals surface area (Å²) in [5.74, 6) is -0.850. The molecule has 0 spiro atoms. The SMILES string of the molecule is O=C(Nc1ccc(Br)c(F)c1)c1cn(C2CNC2)nn1.